The van der Waals surface area contributed by atoms with Crippen LogP contribution in [-0.2, 0) is 33.8 Å². The normalized spacial score (nSPS) is 11.8. The zero-order valence-corrected chi connectivity index (χ0v) is 17.8. The van der Waals surface area contributed by atoms with Crippen LogP contribution in [0.15, 0.2) is 58.1 Å². The summed E-state index contributed by atoms with van der Waals surface area (Å²) in [4.78, 5) is 49.9. The van der Waals surface area contributed by atoms with E-state index < -0.39 is 35.8 Å². The molecule has 8 nitrogen and oxygen atoms in total. The summed E-state index contributed by atoms with van der Waals surface area (Å²) in [6.45, 7) is 3.10. The molecule has 168 valence electrons. The fourth-order valence-electron chi connectivity index (χ4n) is 3.34. The summed E-state index contributed by atoms with van der Waals surface area (Å²) >= 11 is 0. The molecule has 0 saturated heterocycles. The number of hydrogen-bond donors (Lipinski definition) is 1. The Morgan fingerprint density at radius 2 is 1.75 bits per heavy atom. The first kappa shape index (κ1) is 22.9. The number of carbonyl (C=O) groups excluding carboxylic acids is 2. The minimum absolute atomic E-state index is 0.157. The van der Waals surface area contributed by atoms with E-state index in [0.29, 0.717) is 17.3 Å². The SMILES string of the molecule is CCn1c(=O)c2ccccc2n(CC(=O)OC(C)C(=O)NCCc2ccc(F)cc2)c1=O. The average molecular weight is 441 g/mol. The van der Waals surface area contributed by atoms with Gasteiger partial charge in [0.2, 0.25) is 0 Å². The van der Waals surface area contributed by atoms with Gasteiger partial charge in [-0.05, 0) is 50.1 Å². The largest absolute Gasteiger partial charge is 0.451 e. The van der Waals surface area contributed by atoms with Crippen molar-refractivity contribution in [3.63, 3.8) is 0 Å². The van der Waals surface area contributed by atoms with Gasteiger partial charge in [0.15, 0.2) is 6.10 Å². The highest BCUT2D eigenvalue weighted by atomic mass is 19.1. The van der Waals surface area contributed by atoms with Crippen molar-refractivity contribution in [1.82, 2.24) is 14.5 Å². The second-order valence-electron chi connectivity index (χ2n) is 7.23. The van der Waals surface area contributed by atoms with Crippen LogP contribution in [0.2, 0.25) is 0 Å². The number of esters is 1. The summed E-state index contributed by atoms with van der Waals surface area (Å²) in [7, 11) is 0. The van der Waals surface area contributed by atoms with Crippen molar-refractivity contribution in [2.75, 3.05) is 6.54 Å². The minimum atomic E-state index is -1.07. The first-order valence-electron chi connectivity index (χ1n) is 10.3. The van der Waals surface area contributed by atoms with Gasteiger partial charge in [-0.25, -0.2) is 9.18 Å². The Kier molecular flexibility index (Phi) is 7.19. The lowest BCUT2D eigenvalue weighted by atomic mass is 10.1. The van der Waals surface area contributed by atoms with E-state index >= 15 is 0 Å². The van der Waals surface area contributed by atoms with E-state index in [0.717, 1.165) is 10.1 Å². The number of ether oxygens (including phenoxy) is 1. The molecule has 9 heteroatoms. The van der Waals surface area contributed by atoms with Crippen LogP contribution in [0.5, 0.6) is 0 Å². The van der Waals surface area contributed by atoms with E-state index in [4.69, 9.17) is 4.74 Å². The summed E-state index contributed by atoms with van der Waals surface area (Å²) < 4.78 is 20.3. The van der Waals surface area contributed by atoms with Crippen LogP contribution in [0, 0.1) is 5.82 Å². The number of nitrogens with one attached hydrogen (secondary N) is 1. The average Bonchev–Trinajstić information content (AvgIpc) is 2.78. The van der Waals surface area contributed by atoms with E-state index in [1.54, 1.807) is 43.3 Å². The van der Waals surface area contributed by atoms with Crippen molar-refractivity contribution in [1.29, 1.82) is 0 Å². The highest BCUT2D eigenvalue weighted by Crippen LogP contribution is 2.08. The van der Waals surface area contributed by atoms with E-state index in [9.17, 15) is 23.6 Å². The van der Waals surface area contributed by atoms with Crippen LogP contribution in [-0.4, -0.2) is 33.7 Å². The number of fused-ring (bicyclic) bond motifs is 1. The zero-order chi connectivity index (χ0) is 23.3. The molecule has 0 aliphatic rings. The number of carbonyl (C=O) groups is 2. The summed E-state index contributed by atoms with van der Waals surface area (Å²) in [5.41, 5.74) is 0.130. The maximum absolute atomic E-state index is 12.9. The van der Waals surface area contributed by atoms with Crippen LogP contribution >= 0.6 is 0 Å². The maximum Gasteiger partial charge on any atom is 0.332 e. The third-order valence-electron chi connectivity index (χ3n) is 5.04. The molecule has 1 heterocycles. The summed E-state index contributed by atoms with van der Waals surface area (Å²) in [5.74, 6) is -1.60. The van der Waals surface area contributed by atoms with Crippen molar-refractivity contribution < 1.29 is 18.7 Å². The van der Waals surface area contributed by atoms with Crippen LogP contribution in [0.1, 0.15) is 19.4 Å². The highest BCUT2D eigenvalue weighted by Gasteiger charge is 2.20. The van der Waals surface area contributed by atoms with E-state index in [2.05, 4.69) is 5.32 Å². The molecule has 32 heavy (non-hydrogen) atoms. The molecule has 1 N–H and O–H groups in total. The fraction of sp³-hybridized carbons (Fsp3) is 0.304. The third kappa shape index (κ3) is 5.11. The highest BCUT2D eigenvalue weighted by molar-refractivity contribution is 5.84. The van der Waals surface area contributed by atoms with Gasteiger partial charge in [0, 0.05) is 13.1 Å². The van der Waals surface area contributed by atoms with Gasteiger partial charge in [-0.15, -0.1) is 0 Å². The Labute approximate surface area is 183 Å². The van der Waals surface area contributed by atoms with Crippen LogP contribution in [0.3, 0.4) is 0 Å². The monoisotopic (exact) mass is 441 g/mol. The number of para-hydroxylation sites is 1. The molecule has 0 bridgehead atoms. The number of benzene rings is 2. The first-order valence-corrected chi connectivity index (χ1v) is 10.3. The Balaban J connectivity index is 1.64. The molecule has 3 rings (SSSR count). The second-order valence-corrected chi connectivity index (χ2v) is 7.23. The number of aromatic nitrogens is 2. The molecule has 1 atom stereocenters. The van der Waals surface area contributed by atoms with Gasteiger partial charge in [-0.3, -0.25) is 23.5 Å². The molecular formula is C23H24FN3O5. The molecule has 1 amide bonds. The molecule has 0 saturated carbocycles. The van der Waals surface area contributed by atoms with Crippen molar-refractivity contribution in [3.05, 3.63) is 80.7 Å². The Bertz CT molecular complexity index is 1250. The van der Waals surface area contributed by atoms with Gasteiger partial charge in [0.1, 0.15) is 12.4 Å². The van der Waals surface area contributed by atoms with E-state index in [1.165, 1.54) is 23.6 Å². The van der Waals surface area contributed by atoms with Crippen molar-refractivity contribution in [3.8, 4) is 0 Å². The molecule has 1 unspecified atom stereocenters. The molecule has 0 aliphatic carbocycles. The molecule has 0 radical (unpaired) electrons. The van der Waals surface area contributed by atoms with E-state index in [1.807, 2.05) is 0 Å². The quantitative estimate of drug-likeness (QED) is 0.536. The number of hydrogen-bond acceptors (Lipinski definition) is 5. The fourth-order valence-corrected chi connectivity index (χ4v) is 3.34. The van der Waals surface area contributed by atoms with Gasteiger partial charge in [0.25, 0.3) is 11.5 Å². The number of nitrogens with zero attached hydrogens (tertiary/aromatic N) is 2. The molecule has 0 aliphatic heterocycles. The topological polar surface area (TPSA) is 99.4 Å². The number of rotatable bonds is 8. The van der Waals surface area contributed by atoms with Crippen LogP contribution in [0.4, 0.5) is 4.39 Å². The van der Waals surface area contributed by atoms with Gasteiger partial charge >= 0.3 is 11.7 Å². The smallest absolute Gasteiger partial charge is 0.332 e. The predicted molar refractivity (Wildman–Crippen MR) is 117 cm³/mol. The van der Waals surface area contributed by atoms with Gasteiger partial charge in [0.05, 0.1) is 10.9 Å². The van der Waals surface area contributed by atoms with E-state index in [-0.39, 0.29) is 18.9 Å². The lowest BCUT2D eigenvalue weighted by molar-refractivity contribution is -0.155. The first-order chi connectivity index (χ1) is 15.3. The van der Waals surface area contributed by atoms with Crippen molar-refractivity contribution in [2.24, 2.45) is 0 Å². The Morgan fingerprint density at radius 1 is 1.06 bits per heavy atom. The molecule has 0 spiro atoms. The lowest BCUT2D eigenvalue weighted by Gasteiger charge is -2.16. The number of amides is 1. The van der Waals surface area contributed by atoms with Crippen molar-refractivity contribution in [2.45, 2.75) is 39.5 Å². The van der Waals surface area contributed by atoms with Gasteiger partial charge in [-0.2, -0.15) is 0 Å². The Hall–Kier alpha value is -3.75. The second kappa shape index (κ2) is 10.0. The summed E-state index contributed by atoms with van der Waals surface area (Å²) in [6, 6.07) is 12.4. The third-order valence-corrected chi connectivity index (χ3v) is 5.04. The summed E-state index contributed by atoms with van der Waals surface area (Å²) in [6.07, 6.45) is -0.582. The molecule has 0 fully saturated rings. The van der Waals surface area contributed by atoms with Gasteiger partial charge in [-0.1, -0.05) is 24.3 Å². The standard InChI is InChI=1S/C23H24FN3O5/c1-3-26-22(30)18-6-4-5-7-19(18)27(23(26)31)14-20(28)32-15(2)21(29)25-13-12-16-8-10-17(24)11-9-16/h4-11,15H,3,12-14H2,1-2H3,(H,25,29). The van der Waals surface area contributed by atoms with Gasteiger partial charge < -0.3 is 10.1 Å². The maximum atomic E-state index is 12.9. The minimum Gasteiger partial charge on any atom is -0.451 e. The zero-order valence-electron chi connectivity index (χ0n) is 17.8. The predicted octanol–water partition coefficient (Wildman–Crippen LogP) is 1.61. The van der Waals surface area contributed by atoms with Crippen molar-refractivity contribution >= 4 is 22.8 Å². The van der Waals surface area contributed by atoms with Crippen LogP contribution in [0.25, 0.3) is 10.9 Å². The molecule has 1 aromatic heterocycles. The lowest BCUT2D eigenvalue weighted by Crippen LogP contribution is -2.42. The Morgan fingerprint density at radius 3 is 2.44 bits per heavy atom. The summed E-state index contributed by atoms with van der Waals surface area (Å²) in [5, 5.41) is 2.97. The molecule has 2 aromatic carbocycles. The number of halogens is 1. The molecule has 3 aromatic rings. The molecular weight excluding hydrogens is 417 g/mol. The van der Waals surface area contributed by atoms with Crippen LogP contribution < -0.4 is 16.6 Å².